The zero-order chi connectivity index (χ0) is 19.7. The highest BCUT2D eigenvalue weighted by Gasteiger charge is 2.28. The second kappa shape index (κ2) is 10.4. The van der Waals surface area contributed by atoms with Crippen LogP contribution in [-0.4, -0.2) is 46.1 Å². The Morgan fingerprint density at radius 1 is 1.11 bits per heavy atom. The third kappa shape index (κ3) is 6.00. The first kappa shape index (κ1) is 21.3. The third-order valence-electron chi connectivity index (χ3n) is 3.88. The fourth-order valence-electron chi connectivity index (χ4n) is 2.52. The average molecular weight is 396 g/mol. The monoisotopic (exact) mass is 396 g/mol. The zero-order valence-electron chi connectivity index (χ0n) is 15.3. The summed E-state index contributed by atoms with van der Waals surface area (Å²) in [6.07, 6.45) is 0.487. The molecule has 0 aromatic heterocycles. The highest BCUT2D eigenvalue weighted by atomic mass is 32.2. The van der Waals surface area contributed by atoms with E-state index in [0.29, 0.717) is 13.0 Å². The van der Waals surface area contributed by atoms with Gasteiger partial charge in [0.25, 0.3) is 0 Å². The molecule has 0 atom stereocenters. The molecule has 0 saturated carbocycles. The number of rotatable bonds is 11. The average Bonchev–Trinajstić information content (AvgIpc) is 2.67. The maximum atomic E-state index is 13.8. The van der Waals surface area contributed by atoms with Crippen molar-refractivity contribution >= 4 is 10.0 Å². The smallest absolute Gasteiger partial charge is 0.247 e. The summed E-state index contributed by atoms with van der Waals surface area (Å²) >= 11 is 0. The molecule has 6 nitrogen and oxygen atoms in total. The van der Waals surface area contributed by atoms with Gasteiger partial charge in [0.1, 0.15) is 23.1 Å². The van der Waals surface area contributed by atoms with Crippen molar-refractivity contribution in [3.8, 4) is 5.75 Å². The van der Waals surface area contributed by atoms with Crippen LogP contribution >= 0.6 is 0 Å². The van der Waals surface area contributed by atoms with Crippen LogP contribution in [0, 0.1) is 5.82 Å². The summed E-state index contributed by atoms with van der Waals surface area (Å²) < 4.78 is 52.1. The van der Waals surface area contributed by atoms with E-state index in [-0.39, 0.29) is 36.9 Å². The number of sulfonamides is 1. The number of nitrogens with two attached hydrogens (primary N) is 1. The van der Waals surface area contributed by atoms with E-state index in [2.05, 4.69) is 0 Å². The molecule has 0 unspecified atom stereocenters. The van der Waals surface area contributed by atoms with Crippen LogP contribution in [0.2, 0.25) is 0 Å². The minimum Gasteiger partial charge on any atom is -0.490 e. The van der Waals surface area contributed by atoms with Gasteiger partial charge in [-0.3, -0.25) is 0 Å². The van der Waals surface area contributed by atoms with Gasteiger partial charge in [-0.15, -0.1) is 0 Å². The molecule has 148 valence electrons. The Hall–Kier alpha value is -2.00. The van der Waals surface area contributed by atoms with Crippen molar-refractivity contribution in [2.75, 3.05) is 33.4 Å². The maximum absolute atomic E-state index is 13.8. The van der Waals surface area contributed by atoms with Crippen LogP contribution in [0.1, 0.15) is 12.0 Å². The molecule has 0 spiro atoms. The first-order valence-electron chi connectivity index (χ1n) is 8.64. The second-order valence-electron chi connectivity index (χ2n) is 5.90. The minimum absolute atomic E-state index is 0.0965. The predicted molar refractivity (Wildman–Crippen MR) is 101 cm³/mol. The van der Waals surface area contributed by atoms with Gasteiger partial charge >= 0.3 is 0 Å². The fraction of sp³-hybridized carbons (Fsp3) is 0.368. The third-order valence-corrected chi connectivity index (χ3v) is 5.75. The van der Waals surface area contributed by atoms with E-state index >= 15 is 0 Å². The molecule has 27 heavy (non-hydrogen) atoms. The first-order valence-corrected chi connectivity index (χ1v) is 10.1. The number of hydrogen-bond acceptors (Lipinski definition) is 5. The summed E-state index contributed by atoms with van der Waals surface area (Å²) in [6, 6.07) is 12.7. The molecule has 2 N–H and O–H groups in total. The van der Waals surface area contributed by atoms with E-state index in [1.54, 1.807) is 0 Å². The minimum atomic E-state index is -3.99. The van der Waals surface area contributed by atoms with Crippen LogP contribution in [0.25, 0.3) is 0 Å². The van der Waals surface area contributed by atoms with Crippen molar-refractivity contribution < 1.29 is 22.3 Å². The largest absolute Gasteiger partial charge is 0.490 e. The van der Waals surface area contributed by atoms with Gasteiger partial charge in [0.15, 0.2) is 0 Å². The van der Waals surface area contributed by atoms with Crippen molar-refractivity contribution in [1.82, 2.24) is 4.31 Å². The molecule has 2 aromatic rings. The molecule has 0 aliphatic heterocycles. The van der Waals surface area contributed by atoms with Gasteiger partial charge in [-0.2, -0.15) is 4.31 Å². The summed E-state index contributed by atoms with van der Waals surface area (Å²) in [5.41, 5.74) is 6.40. The van der Waals surface area contributed by atoms with Gasteiger partial charge in [-0.25, -0.2) is 12.8 Å². The first-order chi connectivity index (χ1) is 13.0. The zero-order valence-corrected chi connectivity index (χ0v) is 16.1. The standard InChI is InChI=1S/C19H25FN2O4S/c1-25-12-13-26-18-9-8-17(20)14-19(18)27(23,24)22(11-5-10-21)15-16-6-3-2-4-7-16/h2-4,6-9,14H,5,10-13,15,21H2,1H3. The quantitative estimate of drug-likeness (QED) is 0.590. The number of methoxy groups -OCH3 is 1. The van der Waals surface area contributed by atoms with Crippen LogP contribution in [0.4, 0.5) is 4.39 Å². The Morgan fingerprint density at radius 3 is 2.52 bits per heavy atom. The molecule has 8 heteroatoms. The van der Waals surface area contributed by atoms with Crippen molar-refractivity contribution in [1.29, 1.82) is 0 Å². The van der Waals surface area contributed by atoms with E-state index in [9.17, 15) is 12.8 Å². The molecule has 0 radical (unpaired) electrons. The molecule has 0 aliphatic rings. The number of ether oxygens (including phenoxy) is 2. The van der Waals surface area contributed by atoms with Gasteiger partial charge in [0.2, 0.25) is 10.0 Å². The lowest BCUT2D eigenvalue weighted by atomic mass is 10.2. The molecule has 0 aliphatic carbocycles. The fourth-order valence-corrected chi connectivity index (χ4v) is 4.13. The van der Waals surface area contributed by atoms with E-state index in [4.69, 9.17) is 15.2 Å². The van der Waals surface area contributed by atoms with Gasteiger partial charge in [0, 0.05) is 20.2 Å². The molecule has 0 heterocycles. The van der Waals surface area contributed by atoms with Crippen LogP contribution in [0.3, 0.4) is 0 Å². The molecule has 2 rings (SSSR count). The topological polar surface area (TPSA) is 81.9 Å². The highest BCUT2D eigenvalue weighted by Crippen LogP contribution is 2.29. The Kier molecular flexibility index (Phi) is 8.18. The molecule has 0 amide bonds. The van der Waals surface area contributed by atoms with Gasteiger partial charge < -0.3 is 15.2 Å². The molecule has 0 bridgehead atoms. The highest BCUT2D eigenvalue weighted by molar-refractivity contribution is 7.89. The number of benzene rings is 2. The maximum Gasteiger partial charge on any atom is 0.247 e. The van der Waals surface area contributed by atoms with Crippen molar-refractivity contribution in [2.45, 2.75) is 17.9 Å². The van der Waals surface area contributed by atoms with Crippen molar-refractivity contribution in [3.05, 3.63) is 59.9 Å². The van der Waals surface area contributed by atoms with E-state index < -0.39 is 15.8 Å². The SMILES string of the molecule is COCCOc1ccc(F)cc1S(=O)(=O)N(CCCN)Cc1ccccc1. The second-order valence-corrected chi connectivity index (χ2v) is 7.81. The predicted octanol–water partition coefficient (Wildman–Crippen LogP) is 2.39. The van der Waals surface area contributed by atoms with Gasteiger partial charge in [-0.1, -0.05) is 30.3 Å². The van der Waals surface area contributed by atoms with Gasteiger partial charge in [-0.05, 0) is 36.7 Å². The van der Waals surface area contributed by atoms with E-state index in [0.717, 1.165) is 11.6 Å². The van der Waals surface area contributed by atoms with Gasteiger partial charge in [0.05, 0.1) is 6.61 Å². The summed E-state index contributed by atoms with van der Waals surface area (Å²) in [5, 5.41) is 0. The van der Waals surface area contributed by atoms with Crippen molar-refractivity contribution in [3.63, 3.8) is 0 Å². The van der Waals surface area contributed by atoms with E-state index in [1.165, 1.54) is 23.5 Å². The molecular weight excluding hydrogens is 371 g/mol. The molecular formula is C19H25FN2O4S. The van der Waals surface area contributed by atoms with Crippen molar-refractivity contribution in [2.24, 2.45) is 5.73 Å². The Labute approximate surface area is 159 Å². The van der Waals surface area contributed by atoms with Crippen LogP contribution < -0.4 is 10.5 Å². The molecule has 0 saturated heterocycles. The Balaban J connectivity index is 2.37. The van der Waals surface area contributed by atoms with Crippen LogP contribution in [0.15, 0.2) is 53.4 Å². The number of halogens is 1. The summed E-state index contributed by atoms with van der Waals surface area (Å²) in [7, 11) is -2.48. The molecule has 0 fully saturated rings. The lowest BCUT2D eigenvalue weighted by Gasteiger charge is -2.23. The summed E-state index contributed by atoms with van der Waals surface area (Å²) in [5.74, 6) is -0.551. The van der Waals surface area contributed by atoms with E-state index in [1.807, 2.05) is 30.3 Å². The Bertz CT molecular complexity index is 816. The lowest BCUT2D eigenvalue weighted by molar-refractivity contribution is 0.144. The number of nitrogens with zero attached hydrogens (tertiary/aromatic N) is 1. The normalized spacial score (nSPS) is 11.7. The summed E-state index contributed by atoms with van der Waals surface area (Å²) in [4.78, 5) is -0.202. The number of hydrogen-bond donors (Lipinski definition) is 1. The lowest BCUT2D eigenvalue weighted by Crippen LogP contribution is -2.33. The van der Waals surface area contributed by atoms with Crippen LogP contribution in [-0.2, 0) is 21.3 Å². The Morgan fingerprint density at radius 2 is 1.85 bits per heavy atom. The summed E-state index contributed by atoms with van der Waals surface area (Å²) in [6.45, 7) is 1.18. The van der Waals surface area contributed by atoms with Crippen LogP contribution in [0.5, 0.6) is 5.75 Å². The molecule has 2 aromatic carbocycles.